The van der Waals surface area contributed by atoms with Crippen LogP contribution in [0.2, 0.25) is 0 Å². The Hall–Kier alpha value is -2.97. The maximum atomic E-state index is 12.2. The molecule has 2 rings (SSSR count). The number of carbonyl (C=O) groups is 5. The third-order valence-electron chi connectivity index (χ3n) is 13.9. The monoisotopic (exact) mass is 911 g/mol. The smallest absolute Gasteiger partial charge is 0.305 e. The van der Waals surface area contributed by atoms with Crippen LogP contribution in [-0.4, -0.2) is 72.3 Å². The molecule has 0 radical (unpaired) electrons. The lowest BCUT2D eigenvalue weighted by Crippen LogP contribution is -2.30. The van der Waals surface area contributed by atoms with E-state index < -0.39 is 0 Å². The van der Waals surface area contributed by atoms with Crippen molar-refractivity contribution in [3.05, 3.63) is 24.3 Å². The summed E-state index contributed by atoms with van der Waals surface area (Å²) in [5.41, 5.74) is 0. The number of hydrogen-bond acceptors (Lipinski definition) is 7. The van der Waals surface area contributed by atoms with Gasteiger partial charge in [-0.15, -0.1) is 0 Å². The van der Waals surface area contributed by atoms with Crippen LogP contribution >= 0.6 is 0 Å². The molecule has 374 valence electrons. The average molecular weight is 911 g/mol. The predicted octanol–water partition coefficient (Wildman–Crippen LogP) is 14.5. The quantitative estimate of drug-likeness (QED) is 0.0340. The van der Waals surface area contributed by atoms with Crippen molar-refractivity contribution in [2.24, 2.45) is 11.8 Å². The van der Waals surface area contributed by atoms with Crippen molar-refractivity contribution in [1.82, 2.24) is 9.80 Å². The molecule has 2 atom stereocenters. The number of ether oxygens (including phenoxy) is 2. The Labute approximate surface area is 398 Å². The van der Waals surface area contributed by atoms with Crippen molar-refractivity contribution in [2.45, 2.75) is 258 Å². The van der Waals surface area contributed by atoms with Gasteiger partial charge in [0.1, 0.15) is 0 Å². The van der Waals surface area contributed by atoms with Gasteiger partial charge in [-0.05, 0) is 50.4 Å². The second-order valence-corrected chi connectivity index (χ2v) is 19.6. The molecule has 0 bridgehead atoms. The molecule has 65 heavy (non-hydrogen) atoms. The first kappa shape index (κ1) is 58.2. The maximum Gasteiger partial charge on any atom is 0.305 e. The summed E-state index contributed by atoms with van der Waals surface area (Å²) >= 11 is 0. The molecule has 9 heteroatoms. The Morgan fingerprint density at radius 3 is 1.17 bits per heavy atom. The van der Waals surface area contributed by atoms with Gasteiger partial charge in [-0.2, -0.15) is 0 Å². The highest BCUT2D eigenvalue weighted by atomic mass is 16.5. The van der Waals surface area contributed by atoms with Gasteiger partial charge in [0.15, 0.2) is 0 Å². The number of amides is 3. The van der Waals surface area contributed by atoms with E-state index in [1.54, 1.807) is 6.08 Å². The lowest BCUT2D eigenvalue weighted by Gasteiger charge is -2.28. The van der Waals surface area contributed by atoms with E-state index in [0.29, 0.717) is 39.0 Å². The van der Waals surface area contributed by atoms with Crippen LogP contribution in [0.25, 0.3) is 0 Å². The molecule has 0 aliphatic carbocycles. The van der Waals surface area contributed by atoms with E-state index >= 15 is 0 Å². The van der Waals surface area contributed by atoms with Gasteiger partial charge < -0.3 is 14.4 Å². The fourth-order valence-corrected chi connectivity index (χ4v) is 9.70. The van der Waals surface area contributed by atoms with Crippen LogP contribution in [0.5, 0.6) is 0 Å². The van der Waals surface area contributed by atoms with Gasteiger partial charge in [0.25, 0.3) is 11.8 Å². The first-order valence-electron chi connectivity index (χ1n) is 27.7. The Morgan fingerprint density at radius 1 is 0.431 bits per heavy atom. The molecule has 2 aliphatic rings. The second kappa shape index (κ2) is 41.2. The predicted molar refractivity (Wildman–Crippen MR) is 267 cm³/mol. The Kier molecular flexibility index (Phi) is 36.9. The van der Waals surface area contributed by atoms with Gasteiger partial charge in [-0.3, -0.25) is 28.9 Å². The highest BCUT2D eigenvalue weighted by molar-refractivity contribution is 6.12. The Bertz CT molecular complexity index is 1280. The Balaban J connectivity index is 1.63. The fraction of sp³-hybridized carbons (Fsp3) is 0.839. The molecule has 2 aliphatic heterocycles. The topological polar surface area (TPSA) is 110 Å². The minimum Gasteiger partial charge on any atom is -0.466 e. The molecule has 0 fully saturated rings. The van der Waals surface area contributed by atoms with Crippen LogP contribution in [0.4, 0.5) is 0 Å². The third kappa shape index (κ3) is 31.6. The number of esters is 2. The summed E-state index contributed by atoms with van der Waals surface area (Å²) < 4.78 is 11.0. The van der Waals surface area contributed by atoms with Gasteiger partial charge >= 0.3 is 11.9 Å². The molecular formula is C56H98N2O7. The van der Waals surface area contributed by atoms with Crippen molar-refractivity contribution in [3.63, 3.8) is 0 Å². The molecular weight excluding hydrogens is 813 g/mol. The molecule has 9 nitrogen and oxygen atoms in total. The zero-order chi connectivity index (χ0) is 46.8. The number of nitrogens with zero attached hydrogens (tertiary/aromatic N) is 2. The number of imide groups is 1. The molecule has 2 heterocycles. The highest BCUT2D eigenvalue weighted by Crippen LogP contribution is 2.34. The summed E-state index contributed by atoms with van der Waals surface area (Å²) in [7, 11) is 0. The fourth-order valence-electron chi connectivity index (χ4n) is 9.70. The van der Waals surface area contributed by atoms with Crippen molar-refractivity contribution < 1.29 is 33.4 Å². The third-order valence-corrected chi connectivity index (χ3v) is 13.9. The lowest BCUT2D eigenvalue weighted by atomic mass is 9.78. The standard InChI is InChI=1S/C56H98N2O7/c1-3-5-7-9-12-18-26-37-51(39-28-20-14-16-22-34-49-64-55(62)41-29-23-31-45-57-46-35-40-52(57)59)50(36-25-17-10-8-6-4-2)38-27-19-13-11-15-21-33-48-65-56(63)42-30-24-32-47-58-53(60)43-44-54(58)61/h35,40,43-44,50-51H,3-34,36-39,41-42,45-49H2,1-2H3. The van der Waals surface area contributed by atoms with Crippen LogP contribution in [0, 0.1) is 11.8 Å². The zero-order valence-electron chi connectivity index (χ0n) is 42.1. The molecule has 0 N–H and O–H groups in total. The van der Waals surface area contributed by atoms with Crippen molar-refractivity contribution in [3.8, 4) is 0 Å². The minimum atomic E-state index is -0.244. The molecule has 0 spiro atoms. The van der Waals surface area contributed by atoms with Gasteiger partial charge in [-0.25, -0.2) is 0 Å². The second-order valence-electron chi connectivity index (χ2n) is 19.6. The number of unbranched alkanes of at least 4 members (excludes halogenated alkanes) is 26. The summed E-state index contributed by atoms with van der Waals surface area (Å²) in [4.78, 5) is 62.4. The van der Waals surface area contributed by atoms with Crippen molar-refractivity contribution in [2.75, 3.05) is 32.8 Å². The van der Waals surface area contributed by atoms with Crippen molar-refractivity contribution in [1.29, 1.82) is 0 Å². The molecule has 0 aromatic heterocycles. The molecule has 3 amide bonds. The lowest BCUT2D eigenvalue weighted by molar-refractivity contribution is -0.144. The summed E-state index contributed by atoms with van der Waals surface area (Å²) in [6.07, 6.45) is 51.4. The average Bonchev–Trinajstić information content (AvgIpc) is 3.86. The molecule has 0 aromatic rings. The van der Waals surface area contributed by atoms with E-state index in [-0.39, 0.29) is 29.7 Å². The highest BCUT2D eigenvalue weighted by Gasteiger charge is 2.23. The molecule has 2 unspecified atom stereocenters. The Morgan fingerprint density at radius 2 is 0.785 bits per heavy atom. The normalized spacial score (nSPS) is 14.6. The van der Waals surface area contributed by atoms with Gasteiger partial charge in [0, 0.05) is 50.7 Å². The summed E-state index contributed by atoms with van der Waals surface area (Å²) in [6.45, 7) is 7.57. The van der Waals surface area contributed by atoms with E-state index in [2.05, 4.69) is 13.8 Å². The van der Waals surface area contributed by atoms with Crippen LogP contribution in [0.3, 0.4) is 0 Å². The van der Waals surface area contributed by atoms with E-state index in [1.807, 2.05) is 11.0 Å². The van der Waals surface area contributed by atoms with Crippen LogP contribution in [0.1, 0.15) is 258 Å². The van der Waals surface area contributed by atoms with E-state index in [0.717, 1.165) is 82.7 Å². The van der Waals surface area contributed by atoms with Gasteiger partial charge in [0.05, 0.1) is 13.2 Å². The summed E-state index contributed by atoms with van der Waals surface area (Å²) in [5, 5.41) is 0. The number of rotatable bonds is 47. The first-order chi connectivity index (χ1) is 31.8. The van der Waals surface area contributed by atoms with Crippen LogP contribution in [-0.2, 0) is 33.4 Å². The maximum absolute atomic E-state index is 12.2. The summed E-state index contributed by atoms with van der Waals surface area (Å²) in [6, 6.07) is 0. The number of carbonyl (C=O) groups excluding carboxylic acids is 5. The SMILES string of the molecule is CCCCCCCCCC(CCCCCCCCOC(=O)CCCCCN1CC=CC1=O)C(CCCCCCCC)CCCCCCCCCOC(=O)CCCCCN1C(=O)C=CC1=O. The van der Waals surface area contributed by atoms with E-state index in [9.17, 15) is 24.0 Å². The van der Waals surface area contributed by atoms with Gasteiger partial charge in [0.2, 0.25) is 5.91 Å². The molecule has 0 aromatic carbocycles. The van der Waals surface area contributed by atoms with E-state index in [1.165, 1.54) is 184 Å². The first-order valence-corrected chi connectivity index (χ1v) is 27.7. The minimum absolute atomic E-state index is 0.0757. The van der Waals surface area contributed by atoms with Crippen LogP contribution in [0.15, 0.2) is 24.3 Å². The van der Waals surface area contributed by atoms with E-state index in [4.69, 9.17) is 9.47 Å². The summed E-state index contributed by atoms with van der Waals surface area (Å²) in [5.74, 6) is 1.14. The van der Waals surface area contributed by atoms with Gasteiger partial charge in [-0.1, -0.05) is 213 Å². The molecule has 0 saturated carbocycles. The zero-order valence-corrected chi connectivity index (χ0v) is 42.1. The van der Waals surface area contributed by atoms with Crippen LogP contribution < -0.4 is 0 Å². The number of hydrogen-bond donors (Lipinski definition) is 0. The molecule has 0 saturated heterocycles. The van der Waals surface area contributed by atoms with Crippen molar-refractivity contribution >= 4 is 29.7 Å². The largest absolute Gasteiger partial charge is 0.466 e.